The van der Waals surface area contributed by atoms with Crippen LogP contribution < -0.4 is 5.32 Å². The van der Waals surface area contributed by atoms with E-state index in [4.69, 9.17) is 0 Å². The fraction of sp³-hybridized carbons (Fsp3) is 0.294. The van der Waals surface area contributed by atoms with Gasteiger partial charge in [-0.1, -0.05) is 18.2 Å². The Morgan fingerprint density at radius 3 is 2.50 bits per heavy atom. The first-order valence-electron chi connectivity index (χ1n) is 7.13. The van der Waals surface area contributed by atoms with E-state index in [1.807, 2.05) is 24.4 Å². The predicted octanol–water partition coefficient (Wildman–Crippen LogP) is 2.83. The summed E-state index contributed by atoms with van der Waals surface area (Å²) >= 11 is 1.64. The maximum absolute atomic E-state index is 12.4. The number of likely N-dealkylation sites (N-methyl/N-ethyl adjacent to an activating group) is 1. The third-order valence-corrected chi connectivity index (χ3v) is 4.49. The van der Waals surface area contributed by atoms with E-state index in [2.05, 4.69) is 5.32 Å². The molecule has 0 aliphatic rings. The predicted molar refractivity (Wildman–Crippen MR) is 88.9 cm³/mol. The van der Waals surface area contributed by atoms with Crippen LogP contribution in [-0.4, -0.2) is 29.8 Å². The molecule has 116 valence electrons. The third kappa shape index (κ3) is 3.95. The highest BCUT2D eigenvalue weighted by molar-refractivity contribution is 7.10. The van der Waals surface area contributed by atoms with Crippen LogP contribution in [-0.2, 0) is 11.3 Å². The highest BCUT2D eigenvalue weighted by atomic mass is 32.1. The second-order valence-electron chi connectivity index (χ2n) is 5.28. The van der Waals surface area contributed by atoms with Gasteiger partial charge in [-0.3, -0.25) is 9.59 Å². The number of nitrogens with one attached hydrogen (secondary N) is 1. The molecule has 2 rings (SSSR count). The summed E-state index contributed by atoms with van der Waals surface area (Å²) in [4.78, 5) is 27.2. The van der Waals surface area contributed by atoms with E-state index < -0.39 is 6.04 Å². The Bertz CT molecular complexity index is 652. The smallest absolute Gasteiger partial charge is 0.251 e. The Labute approximate surface area is 134 Å². The largest absolute Gasteiger partial charge is 0.341 e. The molecule has 0 fully saturated rings. The molecule has 5 heteroatoms. The van der Waals surface area contributed by atoms with Gasteiger partial charge in [-0.15, -0.1) is 11.3 Å². The Hall–Kier alpha value is -2.14. The fourth-order valence-corrected chi connectivity index (χ4v) is 3.08. The first kappa shape index (κ1) is 16.2. The average Bonchev–Trinajstić information content (AvgIpc) is 2.92. The van der Waals surface area contributed by atoms with Crippen LogP contribution in [0.5, 0.6) is 0 Å². The van der Waals surface area contributed by atoms with Gasteiger partial charge in [0.15, 0.2) is 0 Å². The van der Waals surface area contributed by atoms with E-state index in [9.17, 15) is 9.59 Å². The average molecular weight is 316 g/mol. The normalized spacial score (nSPS) is 11.8. The molecule has 0 saturated heterocycles. The lowest BCUT2D eigenvalue weighted by molar-refractivity contribution is -0.132. The minimum Gasteiger partial charge on any atom is -0.341 e. The molecule has 0 aliphatic heterocycles. The zero-order valence-electron chi connectivity index (χ0n) is 13.0. The molecule has 0 radical (unpaired) electrons. The van der Waals surface area contributed by atoms with Crippen molar-refractivity contribution >= 4 is 23.2 Å². The van der Waals surface area contributed by atoms with Gasteiger partial charge >= 0.3 is 0 Å². The van der Waals surface area contributed by atoms with Crippen molar-refractivity contribution in [2.75, 3.05) is 7.05 Å². The molecule has 1 unspecified atom stereocenters. The van der Waals surface area contributed by atoms with Crippen LogP contribution in [0.1, 0.15) is 27.7 Å². The Balaban J connectivity index is 1.94. The molecule has 1 N–H and O–H groups in total. The summed E-state index contributed by atoms with van der Waals surface area (Å²) in [6.07, 6.45) is 0. The Kier molecular flexibility index (Phi) is 5.33. The van der Waals surface area contributed by atoms with Crippen LogP contribution >= 0.6 is 11.3 Å². The number of aryl methyl sites for hydroxylation is 1. The third-order valence-electron chi connectivity index (χ3n) is 3.48. The second kappa shape index (κ2) is 7.22. The summed E-state index contributed by atoms with van der Waals surface area (Å²) in [7, 11) is 1.76. The van der Waals surface area contributed by atoms with Gasteiger partial charge in [-0.05, 0) is 43.0 Å². The quantitative estimate of drug-likeness (QED) is 0.922. The van der Waals surface area contributed by atoms with E-state index >= 15 is 0 Å². The molecule has 0 aliphatic carbocycles. The summed E-state index contributed by atoms with van der Waals surface area (Å²) in [6, 6.07) is 10.4. The molecule has 0 bridgehead atoms. The molecular formula is C17H20N2O2S. The van der Waals surface area contributed by atoms with Crippen molar-refractivity contribution in [3.05, 3.63) is 57.8 Å². The van der Waals surface area contributed by atoms with Crippen molar-refractivity contribution in [1.29, 1.82) is 0 Å². The number of carbonyl (C=O) groups is 2. The summed E-state index contributed by atoms with van der Waals surface area (Å²) in [5.74, 6) is -0.334. The highest BCUT2D eigenvalue weighted by Gasteiger charge is 2.20. The molecule has 22 heavy (non-hydrogen) atoms. The van der Waals surface area contributed by atoms with Crippen molar-refractivity contribution in [3.8, 4) is 0 Å². The van der Waals surface area contributed by atoms with Crippen LogP contribution in [0.15, 0.2) is 41.8 Å². The van der Waals surface area contributed by atoms with Gasteiger partial charge < -0.3 is 10.2 Å². The zero-order chi connectivity index (χ0) is 16.1. The van der Waals surface area contributed by atoms with Crippen molar-refractivity contribution in [2.24, 2.45) is 0 Å². The molecule has 0 spiro atoms. The fourth-order valence-electron chi connectivity index (χ4n) is 2.12. The summed E-state index contributed by atoms with van der Waals surface area (Å²) in [5.41, 5.74) is 1.74. The van der Waals surface area contributed by atoms with Gasteiger partial charge in [-0.25, -0.2) is 0 Å². The number of hydrogen-bond donors (Lipinski definition) is 1. The molecule has 0 saturated carbocycles. The van der Waals surface area contributed by atoms with Crippen LogP contribution in [0.3, 0.4) is 0 Å². The maximum atomic E-state index is 12.4. The molecule has 1 aromatic heterocycles. The number of benzene rings is 1. The lowest BCUT2D eigenvalue weighted by Gasteiger charge is -2.22. The topological polar surface area (TPSA) is 49.4 Å². The zero-order valence-corrected chi connectivity index (χ0v) is 13.8. The lowest BCUT2D eigenvalue weighted by atomic mass is 10.2. The molecule has 1 aromatic carbocycles. The van der Waals surface area contributed by atoms with Crippen molar-refractivity contribution in [2.45, 2.75) is 26.4 Å². The molecule has 4 nitrogen and oxygen atoms in total. The molecule has 2 aromatic rings. The number of carbonyl (C=O) groups excluding carboxylic acids is 2. The van der Waals surface area contributed by atoms with E-state index in [1.165, 1.54) is 5.56 Å². The van der Waals surface area contributed by atoms with E-state index in [0.29, 0.717) is 12.1 Å². The highest BCUT2D eigenvalue weighted by Crippen LogP contribution is 2.17. The summed E-state index contributed by atoms with van der Waals surface area (Å²) in [6.45, 7) is 4.31. The Morgan fingerprint density at radius 2 is 1.91 bits per heavy atom. The molecule has 2 amide bonds. The van der Waals surface area contributed by atoms with Gasteiger partial charge in [-0.2, -0.15) is 0 Å². The van der Waals surface area contributed by atoms with Gasteiger partial charge in [0.25, 0.3) is 5.91 Å². The maximum Gasteiger partial charge on any atom is 0.251 e. The monoisotopic (exact) mass is 316 g/mol. The molecule has 1 heterocycles. The number of nitrogens with zero attached hydrogens (tertiary/aromatic N) is 1. The SMILES string of the molecule is Cc1ccsc1CN(C)C(=O)C(C)NC(=O)c1ccccc1. The summed E-state index contributed by atoms with van der Waals surface area (Å²) in [5, 5.41) is 4.76. The van der Waals surface area contributed by atoms with Crippen LogP contribution in [0.4, 0.5) is 0 Å². The van der Waals surface area contributed by atoms with E-state index in [0.717, 1.165) is 4.88 Å². The first-order valence-corrected chi connectivity index (χ1v) is 8.01. The number of amides is 2. The van der Waals surface area contributed by atoms with Gasteiger partial charge in [0.2, 0.25) is 5.91 Å². The minimum absolute atomic E-state index is 0.0999. The molecule has 1 atom stereocenters. The standard InChI is InChI=1S/C17H20N2O2S/c1-12-9-10-22-15(12)11-19(3)17(21)13(2)18-16(20)14-7-5-4-6-8-14/h4-10,13H,11H2,1-3H3,(H,18,20). The second-order valence-corrected chi connectivity index (χ2v) is 6.28. The van der Waals surface area contributed by atoms with Crippen LogP contribution in [0, 0.1) is 6.92 Å². The van der Waals surface area contributed by atoms with Gasteiger partial charge in [0, 0.05) is 17.5 Å². The van der Waals surface area contributed by atoms with Crippen LogP contribution in [0.2, 0.25) is 0 Å². The van der Waals surface area contributed by atoms with E-state index in [1.54, 1.807) is 54.5 Å². The Morgan fingerprint density at radius 1 is 1.23 bits per heavy atom. The van der Waals surface area contributed by atoms with Gasteiger partial charge in [0.1, 0.15) is 6.04 Å². The first-order chi connectivity index (χ1) is 10.5. The van der Waals surface area contributed by atoms with Crippen LogP contribution in [0.25, 0.3) is 0 Å². The number of thiophene rings is 1. The van der Waals surface area contributed by atoms with Crippen molar-refractivity contribution < 1.29 is 9.59 Å². The van der Waals surface area contributed by atoms with Gasteiger partial charge in [0.05, 0.1) is 6.54 Å². The lowest BCUT2D eigenvalue weighted by Crippen LogP contribution is -2.45. The van der Waals surface area contributed by atoms with Crippen molar-refractivity contribution in [1.82, 2.24) is 10.2 Å². The number of hydrogen-bond acceptors (Lipinski definition) is 3. The minimum atomic E-state index is -0.557. The van der Waals surface area contributed by atoms with E-state index in [-0.39, 0.29) is 11.8 Å². The number of rotatable bonds is 5. The van der Waals surface area contributed by atoms with Crippen molar-refractivity contribution in [3.63, 3.8) is 0 Å². The molecular weight excluding hydrogens is 296 g/mol. The summed E-state index contributed by atoms with van der Waals surface area (Å²) < 4.78 is 0.